The van der Waals surface area contributed by atoms with Crippen LogP contribution in [-0.2, 0) is 13.2 Å². The Hall–Kier alpha value is -2.89. The average molecular weight is 501 g/mol. The lowest BCUT2D eigenvalue weighted by atomic mass is 10.1. The minimum atomic E-state index is -0.0842. The van der Waals surface area contributed by atoms with Crippen molar-refractivity contribution in [1.29, 1.82) is 0 Å². The van der Waals surface area contributed by atoms with Crippen LogP contribution >= 0.6 is 23.2 Å². The van der Waals surface area contributed by atoms with E-state index < -0.39 is 0 Å². The van der Waals surface area contributed by atoms with E-state index in [1.165, 1.54) is 0 Å². The molecule has 5 nitrogen and oxygen atoms in total. The van der Waals surface area contributed by atoms with Crippen LogP contribution in [-0.4, -0.2) is 19.1 Å². The van der Waals surface area contributed by atoms with Crippen LogP contribution in [0.3, 0.4) is 0 Å². The lowest BCUT2D eigenvalue weighted by molar-refractivity contribution is 0.0949. The minimum Gasteiger partial charge on any atom is -0.490 e. The summed E-state index contributed by atoms with van der Waals surface area (Å²) >= 11 is 12.8. The second-order valence-corrected chi connectivity index (χ2v) is 9.07. The zero-order valence-corrected chi connectivity index (χ0v) is 21.2. The highest BCUT2D eigenvalue weighted by atomic mass is 35.5. The van der Waals surface area contributed by atoms with Gasteiger partial charge in [-0.3, -0.25) is 4.79 Å². The Morgan fingerprint density at radius 1 is 0.971 bits per heavy atom. The molecule has 34 heavy (non-hydrogen) atoms. The van der Waals surface area contributed by atoms with Crippen LogP contribution < -0.4 is 20.1 Å². The van der Waals surface area contributed by atoms with Gasteiger partial charge in [0.2, 0.25) is 0 Å². The summed E-state index contributed by atoms with van der Waals surface area (Å²) in [5.41, 5.74) is 3.24. The Labute approximate surface area is 211 Å². The molecule has 1 amide bonds. The molecule has 0 aromatic heterocycles. The third-order valence-corrected chi connectivity index (χ3v) is 5.64. The molecule has 0 bridgehead atoms. The maximum Gasteiger partial charge on any atom is 0.251 e. The highest BCUT2D eigenvalue weighted by Gasteiger charge is 2.14. The van der Waals surface area contributed by atoms with Crippen LogP contribution in [0, 0.1) is 5.92 Å². The second-order valence-electron chi connectivity index (χ2n) is 8.26. The molecule has 180 valence electrons. The fourth-order valence-corrected chi connectivity index (χ4v) is 3.74. The maximum atomic E-state index is 12.4. The van der Waals surface area contributed by atoms with E-state index >= 15 is 0 Å². The highest BCUT2D eigenvalue weighted by molar-refractivity contribution is 6.32. The zero-order chi connectivity index (χ0) is 24.5. The van der Waals surface area contributed by atoms with Gasteiger partial charge in [0.15, 0.2) is 11.5 Å². The summed E-state index contributed by atoms with van der Waals surface area (Å²) in [6, 6.07) is 18.7. The molecule has 0 aliphatic carbocycles. The standard InChI is InChI=1S/C27H30Cl2N2O3/c1-4-33-25-13-19(12-24(29)26(25)34-17-21-8-5-6-11-23(21)28)16-30-22-10-7-9-20(14-22)27(32)31-15-18(2)3/h5-14,18,30H,4,15-17H2,1-3H3,(H,31,32). The van der Waals surface area contributed by atoms with E-state index in [1.807, 2.05) is 61.5 Å². The van der Waals surface area contributed by atoms with Gasteiger partial charge in [0.1, 0.15) is 6.61 Å². The third kappa shape index (κ3) is 7.31. The zero-order valence-electron chi connectivity index (χ0n) is 19.7. The molecule has 0 spiro atoms. The number of benzene rings is 3. The number of hydrogen-bond donors (Lipinski definition) is 2. The van der Waals surface area contributed by atoms with Gasteiger partial charge in [-0.25, -0.2) is 0 Å². The monoisotopic (exact) mass is 500 g/mol. The number of amides is 1. The van der Waals surface area contributed by atoms with Gasteiger partial charge >= 0.3 is 0 Å². The molecule has 3 aromatic carbocycles. The summed E-state index contributed by atoms with van der Waals surface area (Å²) in [6.45, 7) is 7.93. The van der Waals surface area contributed by atoms with E-state index in [4.69, 9.17) is 32.7 Å². The van der Waals surface area contributed by atoms with Crippen molar-refractivity contribution in [2.24, 2.45) is 5.92 Å². The number of ether oxygens (including phenoxy) is 2. The Bertz CT molecular complexity index is 1120. The predicted molar refractivity (Wildman–Crippen MR) is 139 cm³/mol. The van der Waals surface area contributed by atoms with E-state index in [9.17, 15) is 4.79 Å². The smallest absolute Gasteiger partial charge is 0.251 e. The number of carbonyl (C=O) groups excluding carboxylic acids is 1. The van der Waals surface area contributed by atoms with E-state index in [-0.39, 0.29) is 12.5 Å². The van der Waals surface area contributed by atoms with Crippen molar-refractivity contribution in [1.82, 2.24) is 5.32 Å². The summed E-state index contributed by atoms with van der Waals surface area (Å²) in [5, 5.41) is 7.38. The minimum absolute atomic E-state index is 0.0842. The van der Waals surface area contributed by atoms with Gasteiger partial charge in [0.05, 0.1) is 11.6 Å². The molecule has 7 heteroatoms. The first-order valence-corrected chi connectivity index (χ1v) is 12.1. The number of rotatable bonds is 11. The number of nitrogens with one attached hydrogen (secondary N) is 2. The lowest BCUT2D eigenvalue weighted by Gasteiger charge is -2.16. The Morgan fingerprint density at radius 2 is 1.76 bits per heavy atom. The van der Waals surface area contributed by atoms with E-state index in [0.29, 0.717) is 52.7 Å². The molecular weight excluding hydrogens is 471 g/mol. The summed E-state index contributed by atoms with van der Waals surface area (Å²) in [6.07, 6.45) is 0. The summed E-state index contributed by atoms with van der Waals surface area (Å²) in [5.74, 6) is 1.36. The fraction of sp³-hybridized carbons (Fsp3) is 0.296. The van der Waals surface area contributed by atoms with E-state index in [0.717, 1.165) is 16.8 Å². The predicted octanol–water partition coefficient (Wildman–Crippen LogP) is 6.97. The molecule has 0 saturated carbocycles. The largest absolute Gasteiger partial charge is 0.490 e. The summed E-state index contributed by atoms with van der Waals surface area (Å²) in [7, 11) is 0. The Balaban J connectivity index is 1.70. The molecule has 0 radical (unpaired) electrons. The first-order valence-electron chi connectivity index (χ1n) is 11.3. The van der Waals surface area contributed by atoms with Crippen LogP contribution in [0.4, 0.5) is 5.69 Å². The van der Waals surface area contributed by atoms with Crippen molar-refractivity contribution in [3.05, 3.63) is 87.4 Å². The number of carbonyl (C=O) groups is 1. The lowest BCUT2D eigenvalue weighted by Crippen LogP contribution is -2.27. The van der Waals surface area contributed by atoms with E-state index in [2.05, 4.69) is 24.5 Å². The molecule has 0 aliphatic heterocycles. The number of hydrogen-bond acceptors (Lipinski definition) is 4. The van der Waals surface area contributed by atoms with Gasteiger partial charge in [0, 0.05) is 34.9 Å². The van der Waals surface area contributed by atoms with Crippen LogP contribution in [0.15, 0.2) is 60.7 Å². The molecule has 0 heterocycles. The van der Waals surface area contributed by atoms with Gasteiger partial charge in [-0.2, -0.15) is 0 Å². The number of halogens is 2. The van der Waals surface area contributed by atoms with Crippen molar-refractivity contribution in [3.8, 4) is 11.5 Å². The molecule has 0 fully saturated rings. The van der Waals surface area contributed by atoms with E-state index in [1.54, 1.807) is 6.07 Å². The average Bonchev–Trinajstić information content (AvgIpc) is 2.82. The van der Waals surface area contributed by atoms with Crippen LogP contribution in [0.1, 0.15) is 42.3 Å². The van der Waals surface area contributed by atoms with Crippen molar-refractivity contribution in [2.45, 2.75) is 33.9 Å². The molecule has 0 atom stereocenters. The SMILES string of the molecule is CCOc1cc(CNc2cccc(C(=O)NCC(C)C)c2)cc(Cl)c1OCc1ccccc1Cl. The normalized spacial score (nSPS) is 10.8. The van der Waals surface area contributed by atoms with Gasteiger partial charge in [-0.1, -0.05) is 61.3 Å². The topological polar surface area (TPSA) is 59.6 Å². The van der Waals surface area contributed by atoms with Gasteiger partial charge < -0.3 is 20.1 Å². The molecular formula is C27H30Cl2N2O3. The molecule has 2 N–H and O–H groups in total. The molecule has 3 aromatic rings. The quantitative estimate of drug-likeness (QED) is 0.298. The first kappa shape index (κ1) is 25.7. The van der Waals surface area contributed by atoms with Gasteiger partial charge in [-0.05, 0) is 54.8 Å². The Kier molecular flexibility index (Phi) is 9.49. The molecule has 0 saturated heterocycles. The van der Waals surface area contributed by atoms with Gasteiger partial charge in [0.25, 0.3) is 5.91 Å². The van der Waals surface area contributed by atoms with Crippen LogP contribution in [0.5, 0.6) is 11.5 Å². The number of anilines is 1. The summed E-state index contributed by atoms with van der Waals surface area (Å²) < 4.78 is 11.8. The second kappa shape index (κ2) is 12.5. The van der Waals surface area contributed by atoms with Crippen LogP contribution in [0.25, 0.3) is 0 Å². The van der Waals surface area contributed by atoms with Crippen molar-refractivity contribution >= 4 is 34.8 Å². The third-order valence-electron chi connectivity index (χ3n) is 4.99. The molecule has 0 unspecified atom stereocenters. The maximum absolute atomic E-state index is 12.4. The van der Waals surface area contributed by atoms with Crippen molar-refractivity contribution in [3.63, 3.8) is 0 Å². The summed E-state index contributed by atoms with van der Waals surface area (Å²) in [4.78, 5) is 12.4. The van der Waals surface area contributed by atoms with Crippen molar-refractivity contribution < 1.29 is 14.3 Å². The Morgan fingerprint density at radius 3 is 2.50 bits per heavy atom. The van der Waals surface area contributed by atoms with Crippen molar-refractivity contribution in [2.75, 3.05) is 18.5 Å². The first-order chi connectivity index (χ1) is 16.4. The highest BCUT2D eigenvalue weighted by Crippen LogP contribution is 2.37. The van der Waals surface area contributed by atoms with Crippen LogP contribution in [0.2, 0.25) is 10.0 Å². The molecule has 3 rings (SSSR count). The van der Waals surface area contributed by atoms with Gasteiger partial charge in [-0.15, -0.1) is 0 Å². The fourth-order valence-electron chi connectivity index (χ4n) is 3.27. The molecule has 0 aliphatic rings.